The molecule has 6 heteroatoms. The summed E-state index contributed by atoms with van der Waals surface area (Å²) in [6.07, 6.45) is 4.56. The Kier molecular flexibility index (Phi) is 4.15. The molecule has 30 heavy (non-hydrogen) atoms. The van der Waals surface area contributed by atoms with Gasteiger partial charge in [0, 0.05) is 12.6 Å². The number of rotatable bonds is 3. The molecule has 2 aromatic heterocycles. The van der Waals surface area contributed by atoms with Crippen molar-refractivity contribution in [3.63, 3.8) is 0 Å². The summed E-state index contributed by atoms with van der Waals surface area (Å²) in [6, 6.07) is 9.08. The molecule has 2 aliphatic rings. The largest absolute Gasteiger partial charge is 0.477 e. The first-order chi connectivity index (χ1) is 14.3. The van der Waals surface area contributed by atoms with Gasteiger partial charge in [-0.3, -0.25) is 14.0 Å². The second-order valence-corrected chi connectivity index (χ2v) is 8.41. The fourth-order valence-corrected chi connectivity index (χ4v) is 4.60. The second kappa shape index (κ2) is 6.64. The van der Waals surface area contributed by atoms with E-state index in [-0.39, 0.29) is 17.3 Å². The van der Waals surface area contributed by atoms with Gasteiger partial charge in [-0.15, -0.1) is 0 Å². The van der Waals surface area contributed by atoms with Crippen molar-refractivity contribution in [3.8, 4) is 11.1 Å². The van der Waals surface area contributed by atoms with Crippen molar-refractivity contribution in [2.24, 2.45) is 5.73 Å². The Labute approximate surface area is 173 Å². The molecule has 0 spiro atoms. The minimum absolute atomic E-state index is 0.0543. The highest BCUT2D eigenvalue weighted by atomic mass is 16.4. The quantitative estimate of drug-likeness (QED) is 0.701. The van der Waals surface area contributed by atoms with Gasteiger partial charge in [-0.05, 0) is 77.6 Å². The summed E-state index contributed by atoms with van der Waals surface area (Å²) in [5, 5.41) is 9.46. The molecular formula is C24H22N2O4. The van der Waals surface area contributed by atoms with E-state index < -0.39 is 17.6 Å². The molecule has 3 N–H and O–H groups in total. The topological polar surface area (TPSA) is 102 Å². The van der Waals surface area contributed by atoms with Crippen molar-refractivity contribution in [2.75, 3.05) is 0 Å². The van der Waals surface area contributed by atoms with Crippen molar-refractivity contribution >= 4 is 17.3 Å². The van der Waals surface area contributed by atoms with Crippen LogP contribution in [0.3, 0.4) is 0 Å². The molecule has 0 aliphatic heterocycles. The molecule has 2 heterocycles. The normalized spacial score (nSPS) is 18.5. The summed E-state index contributed by atoms with van der Waals surface area (Å²) < 4.78 is 1.47. The van der Waals surface area contributed by atoms with Gasteiger partial charge in [-0.1, -0.05) is 18.2 Å². The van der Waals surface area contributed by atoms with Crippen molar-refractivity contribution in [3.05, 3.63) is 74.7 Å². The van der Waals surface area contributed by atoms with E-state index in [1.165, 1.54) is 4.40 Å². The molecule has 0 saturated heterocycles. The number of hydrogen-bond acceptors (Lipinski definition) is 4. The van der Waals surface area contributed by atoms with Gasteiger partial charge in [0.1, 0.15) is 5.56 Å². The van der Waals surface area contributed by atoms with Gasteiger partial charge in [0.05, 0.1) is 11.6 Å². The molecule has 1 saturated carbocycles. The summed E-state index contributed by atoms with van der Waals surface area (Å²) in [4.78, 5) is 36.4. The lowest BCUT2D eigenvalue weighted by atomic mass is 9.85. The molecular weight excluding hydrogens is 380 g/mol. The Morgan fingerprint density at radius 3 is 2.60 bits per heavy atom. The predicted molar refractivity (Wildman–Crippen MR) is 113 cm³/mol. The van der Waals surface area contributed by atoms with E-state index in [1.807, 2.05) is 31.2 Å². The average molecular weight is 402 g/mol. The summed E-state index contributed by atoms with van der Waals surface area (Å²) in [7, 11) is 0. The zero-order valence-corrected chi connectivity index (χ0v) is 16.6. The van der Waals surface area contributed by atoms with Crippen LogP contribution in [-0.4, -0.2) is 27.3 Å². The predicted octanol–water partition coefficient (Wildman–Crippen LogP) is 2.85. The van der Waals surface area contributed by atoms with Gasteiger partial charge in [0.25, 0.3) is 5.56 Å². The van der Waals surface area contributed by atoms with Gasteiger partial charge in [-0.2, -0.15) is 0 Å². The number of ketones is 1. The van der Waals surface area contributed by atoms with Crippen molar-refractivity contribution in [1.82, 2.24) is 4.40 Å². The number of aromatic carboxylic acids is 1. The maximum atomic E-state index is 12.8. The highest BCUT2D eigenvalue weighted by Crippen LogP contribution is 2.43. The number of aryl methyl sites for hydroxylation is 1. The van der Waals surface area contributed by atoms with E-state index in [4.69, 9.17) is 5.73 Å². The maximum Gasteiger partial charge on any atom is 0.341 e. The highest BCUT2D eigenvalue weighted by molar-refractivity contribution is 5.90. The second-order valence-electron chi connectivity index (χ2n) is 8.41. The molecule has 2 aliphatic carbocycles. The lowest BCUT2D eigenvalue weighted by Crippen LogP contribution is -2.37. The van der Waals surface area contributed by atoms with Crippen molar-refractivity contribution in [2.45, 2.75) is 44.6 Å². The number of benzene rings is 1. The molecule has 3 aromatic rings. The fourth-order valence-electron chi connectivity index (χ4n) is 4.60. The summed E-state index contributed by atoms with van der Waals surface area (Å²) in [5.74, 6) is -0.857. The number of carboxylic acid groups (broad SMARTS) is 1. The lowest BCUT2D eigenvalue weighted by Gasteiger charge is -2.22. The molecule has 1 unspecified atom stereocenters. The van der Waals surface area contributed by atoms with E-state index in [0.717, 1.165) is 51.7 Å². The number of Topliss-reactive ketones (excluding diaryl/α,β-unsaturated/α-hetero) is 1. The number of pyridine rings is 2. The molecule has 1 fully saturated rings. The summed E-state index contributed by atoms with van der Waals surface area (Å²) in [5.41, 5.74) is 11.9. The van der Waals surface area contributed by atoms with E-state index in [0.29, 0.717) is 12.8 Å². The molecule has 6 nitrogen and oxygen atoms in total. The molecule has 152 valence electrons. The first-order valence-corrected chi connectivity index (χ1v) is 10.2. The third kappa shape index (κ3) is 2.87. The van der Waals surface area contributed by atoms with Crippen LogP contribution < -0.4 is 11.3 Å². The van der Waals surface area contributed by atoms with Crippen LogP contribution in [0, 0.1) is 6.92 Å². The van der Waals surface area contributed by atoms with Gasteiger partial charge in [0.2, 0.25) is 0 Å². The van der Waals surface area contributed by atoms with Crippen molar-refractivity contribution < 1.29 is 14.7 Å². The minimum atomic E-state index is -1.20. The molecule has 5 rings (SSSR count). The number of aromatic nitrogens is 1. The third-order valence-electron chi connectivity index (χ3n) is 6.40. The third-order valence-corrected chi connectivity index (χ3v) is 6.40. The van der Waals surface area contributed by atoms with Crippen LogP contribution in [0.2, 0.25) is 0 Å². The summed E-state index contributed by atoms with van der Waals surface area (Å²) >= 11 is 0. The van der Waals surface area contributed by atoms with Gasteiger partial charge < -0.3 is 10.8 Å². The monoisotopic (exact) mass is 402 g/mol. The Balaban J connectivity index is 1.71. The summed E-state index contributed by atoms with van der Waals surface area (Å²) in [6.45, 7) is 1.97. The molecule has 0 bridgehead atoms. The molecule has 0 radical (unpaired) electrons. The van der Waals surface area contributed by atoms with E-state index in [9.17, 15) is 19.5 Å². The van der Waals surface area contributed by atoms with Crippen LogP contribution in [0.15, 0.2) is 41.3 Å². The van der Waals surface area contributed by atoms with E-state index in [1.54, 1.807) is 12.3 Å². The number of nitrogens with two attached hydrogens (primary N) is 1. The van der Waals surface area contributed by atoms with Crippen LogP contribution in [-0.2, 0) is 17.6 Å². The fraction of sp³-hybridized carbons (Fsp3) is 0.292. The number of nitrogens with zero attached hydrogens (tertiary/aromatic N) is 1. The zero-order valence-electron chi connectivity index (χ0n) is 16.6. The first-order valence-electron chi connectivity index (χ1n) is 10.2. The zero-order chi connectivity index (χ0) is 21.2. The van der Waals surface area contributed by atoms with Gasteiger partial charge >= 0.3 is 5.97 Å². The van der Waals surface area contributed by atoms with Crippen LogP contribution in [0.4, 0.5) is 0 Å². The number of fused-ring (bicyclic) bond motifs is 2. The first kappa shape index (κ1) is 18.8. The number of carbonyl (C=O) groups excluding carboxylic acids is 1. The molecule has 1 aromatic carbocycles. The van der Waals surface area contributed by atoms with Crippen molar-refractivity contribution in [1.29, 1.82) is 0 Å². The number of carboxylic acids is 1. The molecule has 0 amide bonds. The minimum Gasteiger partial charge on any atom is -0.477 e. The van der Waals surface area contributed by atoms with Crippen LogP contribution >= 0.6 is 0 Å². The number of hydrogen-bond donors (Lipinski definition) is 2. The van der Waals surface area contributed by atoms with Crippen LogP contribution in [0.1, 0.15) is 51.4 Å². The maximum absolute atomic E-state index is 12.8. The SMILES string of the molecule is Cc1c(-c2ccc3c(c2)CC(=O)C(N)C3)ccn2c(=O)c(C(=O)O)cc(C3CC3)c12. The lowest BCUT2D eigenvalue weighted by molar-refractivity contribution is -0.120. The Morgan fingerprint density at radius 1 is 1.13 bits per heavy atom. The van der Waals surface area contributed by atoms with Crippen LogP contribution in [0.25, 0.3) is 16.6 Å². The van der Waals surface area contributed by atoms with E-state index >= 15 is 0 Å². The average Bonchev–Trinajstić information content (AvgIpc) is 3.54. The standard InChI is InChI=1S/C24H22N2O4/c1-12-17(15-5-4-14-9-20(25)21(27)10-16(14)8-15)6-7-26-22(12)18(13-2-3-13)11-19(23(26)28)24(29)30/h4-8,11,13,20H,2-3,9-10,25H2,1H3,(H,29,30). The number of carbonyl (C=O) groups is 2. The van der Waals surface area contributed by atoms with E-state index in [2.05, 4.69) is 0 Å². The molecule has 1 atom stereocenters. The van der Waals surface area contributed by atoms with Gasteiger partial charge in [0.15, 0.2) is 5.78 Å². The van der Waals surface area contributed by atoms with Gasteiger partial charge in [-0.25, -0.2) is 4.79 Å². The smallest absolute Gasteiger partial charge is 0.341 e. The Hall–Kier alpha value is -3.25. The highest BCUT2D eigenvalue weighted by Gasteiger charge is 2.29. The Bertz CT molecular complexity index is 1300. The van der Waals surface area contributed by atoms with Crippen LogP contribution in [0.5, 0.6) is 0 Å². The Morgan fingerprint density at radius 2 is 1.90 bits per heavy atom.